The van der Waals surface area contributed by atoms with E-state index in [4.69, 9.17) is 9.47 Å². The molecule has 0 heterocycles. The Morgan fingerprint density at radius 1 is 0.815 bits per heavy atom. The minimum Gasteiger partial charge on any atom is -0.497 e. The summed E-state index contributed by atoms with van der Waals surface area (Å²) in [6.07, 6.45) is 2.21. The lowest BCUT2D eigenvalue weighted by molar-refractivity contribution is 0.309. The average Bonchev–Trinajstić information content (AvgIpc) is 2.71. The van der Waals surface area contributed by atoms with Crippen LogP contribution in [0.3, 0.4) is 0 Å². The van der Waals surface area contributed by atoms with Crippen molar-refractivity contribution in [1.29, 1.82) is 0 Å². The van der Waals surface area contributed by atoms with Crippen LogP contribution in [0.2, 0.25) is 0 Å². The van der Waals surface area contributed by atoms with Crippen molar-refractivity contribution in [2.75, 3.05) is 18.6 Å². The largest absolute Gasteiger partial charge is 0.497 e. The number of hydrogen-bond acceptors (Lipinski definition) is 3. The standard InChI is InChI=1S/C24H27NO2/c1-4-5-17-27-23-15-16-24(19(2)18-23)25(20-9-7-6-8-10-20)21-11-13-22(26-3)14-12-21/h6-16,18H,4-5,17H2,1-3H3. The number of unbranched alkanes of at least 4 members (excludes halogenated alkanes) is 1. The Kier molecular flexibility index (Phi) is 6.37. The van der Waals surface area contributed by atoms with Gasteiger partial charge in [-0.1, -0.05) is 31.5 Å². The maximum absolute atomic E-state index is 5.87. The molecule has 27 heavy (non-hydrogen) atoms. The van der Waals surface area contributed by atoms with Crippen molar-refractivity contribution in [1.82, 2.24) is 0 Å². The third-order valence-corrected chi connectivity index (χ3v) is 4.52. The highest BCUT2D eigenvalue weighted by molar-refractivity contribution is 5.78. The van der Waals surface area contributed by atoms with E-state index in [2.05, 4.69) is 73.3 Å². The molecule has 0 N–H and O–H groups in total. The van der Waals surface area contributed by atoms with Crippen LogP contribution in [0.25, 0.3) is 0 Å². The number of benzene rings is 3. The number of methoxy groups -OCH3 is 1. The second-order valence-corrected chi connectivity index (χ2v) is 6.52. The molecule has 0 saturated heterocycles. The van der Waals surface area contributed by atoms with Crippen molar-refractivity contribution in [2.45, 2.75) is 26.7 Å². The van der Waals surface area contributed by atoms with E-state index in [0.717, 1.165) is 48.0 Å². The molecular formula is C24H27NO2. The first-order valence-electron chi connectivity index (χ1n) is 9.45. The van der Waals surface area contributed by atoms with Gasteiger partial charge in [0.1, 0.15) is 11.5 Å². The molecule has 140 valence electrons. The van der Waals surface area contributed by atoms with Gasteiger partial charge in [0.2, 0.25) is 0 Å². The van der Waals surface area contributed by atoms with E-state index in [-0.39, 0.29) is 0 Å². The molecule has 3 aromatic rings. The Morgan fingerprint density at radius 3 is 2.11 bits per heavy atom. The van der Waals surface area contributed by atoms with E-state index >= 15 is 0 Å². The van der Waals surface area contributed by atoms with Gasteiger partial charge in [-0.2, -0.15) is 0 Å². The maximum Gasteiger partial charge on any atom is 0.119 e. The maximum atomic E-state index is 5.87. The zero-order valence-corrected chi connectivity index (χ0v) is 16.3. The van der Waals surface area contributed by atoms with Crippen LogP contribution in [0, 0.1) is 6.92 Å². The molecule has 0 saturated carbocycles. The highest BCUT2D eigenvalue weighted by Gasteiger charge is 2.15. The monoisotopic (exact) mass is 361 g/mol. The van der Waals surface area contributed by atoms with E-state index in [1.807, 2.05) is 18.2 Å². The van der Waals surface area contributed by atoms with Gasteiger partial charge in [0.25, 0.3) is 0 Å². The van der Waals surface area contributed by atoms with Crippen LogP contribution in [-0.4, -0.2) is 13.7 Å². The summed E-state index contributed by atoms with van der Waals surface area (Å²) in [4.78, 5) is 2.25. The Labute approximate surface area is 162 Å². The molecule has 3 rings (SSSR count). The number of hydrogen-bond donors (Lipinski definition) is 0. The summed E-state index contributed by atoms with van der Waals surface area (Å²) in [7, 11) is 1.69. The smallest absolute Gasteiger partial charge is 0.119 e. The lowest BCUT2D eigenvalue weighted by Gasteiger charge is -2.27. The van der Waals surface area contributed by atoms with Crippen LogP contribution in [0.15, 0.2) is 72.8 Å². The molecule has 3 nitrogen and oxygen atoms in total. The van der Waals surface area contributed by atoms with Crippen LogP contribution in [0.4, 0.5) is 17.1 Å². The highest BCUT2D eigenvalue weighted by Crippen LogP contribution is 2.38. The molecular weight excluding hydrogens is 334 g/mol. The van der Waals surface area contributed by atoms with E-state index in [9.17, 15) is 0 Å². The lowest BCUT2D eigenvalue weighted by atomic mass is 10.1. The topological polar surface area (TPSA) is 21.7 Å². The Morgan fingerprint density at radius 2 is 1.48 bits per heavy atom. The molecule has 0 aromatic heterocycles. The fourth-order valence-corrected chi connectivity index (χ4v) is 3.04. The van der Waals surface area contributed by atoms with Gasteiger partial charge in [0.05, 0.1) is 13.7 Å². The van der Waals surface area contributed by atoms with Crippen molar-refractivity contribution < 1.29 is 9.47 Å². The van der Waals surface area contributed by atoms with Crippen LogP contribution >= 0.6 is 0 Å². The number of para-hydroxylation sites is 1. The fourth-order valence-electron chi connectivity index (χ4n) is 3.04. The summed E-state index contributed by atoms with van der Waals surface area (Å²) in [6.45, 7) is 5.06. The van der Waals surface area contributed by atoms with Crippen LogP contribution in [-0.2, 0) is 0 Å². The minimum absolute atomic E-state index is 0.760. The molecule has 0 radical (unpaired) electrons. The Hall–Kier alpha value is -2.94. The zero-order chi connectivity index (χ0) is 19.1. The van der Waals surface area contributed by atoms with Gasteiger partial charge in [-0.3, -0.25) is 0 Å². The van der Waals surface area contributed by atoms with E-state index in [1.54, 1.807) is 7.11 Å². The SMILES string of the molecule is CCCCOc1ccc(N(c2ccccc2)c2ccc(OC)cc2)c(C)c1. The van der Waals surface area contributed by atoms with E-state index in [1.165, 1.54) is 5.56 Å². The summed E-state index contributed by atoms with van der Waals surface area (Å²) in [5.74, 6) is 1.77. The first kappa shape index (κ1) is 18.8. The number of rotatable bonds is 8. The molecule has 0 spiro atoms. The first-order valence-corrected chi connectivity index (χ1v) is 9.45. The summed E-state index contributed by atoms with van der Waals surface area (Å²) in [5, 5.41) is 0. The predicted octanol–water partition coefficient (Wildman–Crippen LogP) is 6.65. The van der Waals surface area contributed by atoms with Crippen molar-refractivity contribution in [3.05, 3.63) is 78.4 Å². The molecule has 0 atom stereocenters. The van der Waals surface area contributed by atoms with Crippen LogP contribution in [0.1, 0.15) is 25.3 Å². The van der Waals surface area contributed by atoms with Gasteiger partial charge in [-0.15, -0.1) is 0 Å². The van der Waals surface area contributed by atoms with E-state index < -0.39 is 0 Å². The zero-order valence-electron chi connectivity index (χ0n) is 16.3. The summed E-state index contributed by atoms with van der Waals surface area (Å²) in [6, 6.07) is 24.8. The number of nitrogens with zero attached hydrogens (tertiary/aromatic N) is 1. The molecule has 0 amide bonds. The first-order chi connectivity index (χ1) is 13.2. The quantitative estimate of drug-likeness (QED) is 0.419. The number of aryl methyl sites for hydroxylation is 1. The third kappa shape index (κ3) is 4.62. The third-order valence-electron chi connectivity index (χ3n) is 4.52. The summed E-state index contributed by atoms with van der Waals surface area (Å²) in [5.41, 5.74) is 4.51. The molecule has 0 fully saturated rings. The van der Waals surface area contributed by atoms with Crippen molar-refractivity contribution in [2.24, 2.45) is 0 Å². The average molecular weight is 361 g/mol. The summed E-state index contributed by atoms with van der Waals surface area (Å²) >= 11 is 0. The molecule has 0 bridgehead atoms. The second-order valence-electron chi connectivity index (χ2n) is 6.52. The van der Waals surface area contributed by atoms with Crippen LogP contribution < -0.4 is 14.4 Å². The molecule has 3 heteroatoms. The Balaban J connectivity index is 1.97. The van der Waals surface area contributed by atoms with Gasteiger partial charge in [0, 0.05) is 17.1 Å². The molecule has 0 aliphatic rings. The normalized spacial score (nSPS) is 10.5. The van der Waals surface area contributed by atoms with Crippen molar-refractivity contribution in [3.63, 3.8) is 0 Å². The number of ether oxygens (including phenoxy) is 2. The number of anilines is 3. The minimum atomic E-state index is 0.760. The summed E-state index contributed by atoms with van der Waals surface area (Å²) < 4.78 is 11.2. The van der Waals surface area contributed by atoms with Gasteiger partial charge in [0.15, 0.2) is 0 Å². The molecule has 0 unspecified atom stereocenters. The van der Waals surface area contributed by atoms with Crippen LogP contribution in [0.5, 0.6) is 11.5 Å². The highest BCUT2D eigenvalue weighted by atomic mass is 16.5. The lowest BCUT2D eigenvalue weighted by Crippen LogP contribution is -2.11. The van der Waals surface area contributed by atoms with Crippen molar-refractivity contribution in [3.8, 4) is 11.5 Å². The van der Waals surface area contributed by atoms with Gasteiger partial charge in [-0.25, -0.2) is 0 Å². The second kappa shape index (κ2) is 9.13. The van der Waals surface area contributed by atoms with E-state index in [0.29, 0.717) is 0 Å². The fraction of sp³-hybridized carbons (Fsp3) is 0.250. The Bertz CT molecular complexity index is 844. The molecule has 0 aliphatic heterocycles. The van der Waals surface area contributed by atoms with Crippen molar-refractivity contribution >= 4 is 17.1 Å². The van der Waals surface area contributed by atoms with Gasteiger partial charge >= 0.3 is 0 Å². The predicted molar refractivity (Wildman–Crippen MR) is 113 cm³/mol. The molecule has 0 aliphatic carbocycles. The van der Waals surface area contributed by atoms with Gasteiger partial charge in [-0.05, 0) is 73.5 Å². The van der Waals surface area contributed by atoms with Gasteiger partial charge < -0.3 is 14.4 Å². The molecule has 3 aromatic carbocycles.